The summed E-state index contributed by atoms with van der Waals surface area (Å²) in [6.45, 7) is 1.98. The van der Waals surface area contributed by atoms with Gasteiger partial charge in [-0.25, -0.2) is 18.5 Å². The van der Waals surface area contributed by atoms with Crippen LogP contribution in [0.5, 0.6) is 0 Å². The summed E-state index contributed by atoms with van der Waals surface area (Å²) in [5.74, 6) is 0.147. The molecule has 30 heavy (non-hydrogen) atoms. The Hall–Kier alpha value is -2.21. The van der Waals surface area contributed by atoms with Crippen molar-refractivity contribution in [2.45, 2.75) is 56.4 Å². The van der Waals surface area contributed by atoms with E-state index in [0.29, 0.717) is 30.0 Å². The molecule has 0 radical (unpaired) electrons. The summed E-state index contributed by atoms with van der Waals surface area (Å²) < 4.78 is 64.4. The molecule has 12 heteroatoms. The molecular weight excluding hydrogens is 421 g/mol. The number of halogens is 3. The van der Waals surface area contributed by atoms with E-state index in [1.807, 2.05) is 17.4 Å². The molecule has 3 aromatic heterocycles. The fourth-order valence-electron chi connectivity index (χ4n) is 4.85. The molecule has 4 atom stereocenters. The topological polar surface area (TPSA) is 119 Å². The molecule has 1 aliphatic rings. The molecule has 0 spiro atoms. The molecule has 3 N–H and O–H groups in total. The minimum atomic E-state index is -4.43. The number of aromatic amines is 1. The Bertz CT molecular complexity index is 1160. The Morgan fingerprint density at radius 3 is 2.77 bits per heavy atom. The van der Waals surface area contributed by atoms with Gasteiger partial charge in [-0.15, -0.1) is 10.2 Å². The van der Waals surface area contributed by atoms with Crippen LogP contribution < -0.4 is 5.14 Å². The highest BCUT2D eigenvalue weighted by Gasteiger charge is 2.44. The van der Waals surface area contributed by atoms with Gasteiger partial charge in [0, 0.05) is 18.5 Å². The van der Waals surface area contributed by atoms with E-state index >= 15 is 0 Å². The lowest BCUT2D eigenvalue weighted by Crippen LogP contribution is -2.35. The van der Waals surface area contributed by atoms with E-state index in [1.54, 1.807) is 12.4 Å². The Morgan fingerprint density at radius 2 is 2.10 bits per heavy atom. The number of hydrogen-bond donors (Lipinski definition) is 2. The highest BCUT2D eigenvalue weighted by atomic mass is 32.2. The van der Waals surface area contributed by atoms with E-state index in [9.17, 15) is 21.6 Å². The van der Waals surface area contributed by atoms with E-state index in [2.05, 4.69) is 20.2 Å². The summed E-state index contributed by atoms with van der Waals surface area (Å²) in [7, 11) is -4.12. The van der Waals surface area contributed by atoms with Crippen LogP contribution in [-0.4, -0.2) is 44.4 Å². The van der Waals surface area contributed by atoms with Gasteiger partial charge in [0.15, 0.2) is 11.3 Å². The molecule has 0 aromatic carbocycles. The third-order valence-corrected chi connectivity index (χ3v) is 7.68. The van der Waals surface area contributed by atoms with Crippen molar-refractivity contribution in [3.8, 4) is 0 Å². The van der Waals surface area contributed by atoms with Crippen LogP contribution in [0.4, 0.5) is 13.2 Å². The Morgan fingerprint density at radius 1 is 1.33 bits per heavy atom. The molecule has 1 saturated carbocycles. The number of hydrogen-bond acceptors (Lipinski definition) is 5. The van der Waals surface area contributed by atoms with Crippen LogP contribution in [-0.2, 0) is 10.0 Å². The van der Waals surface area contributed by atoms with E-state index in [1.165, 1.54) is 0 Å². The average molecular weight is 444 g/mol. The number of nitrogens with one attached hydrogen (secondary N) is 1. The largest absolute Gasteiger partial charge is 0.389 e. The van der Waals surface area contributed by atoms with Crippen LogP contribution in [0.1, 0.15) is 50.8 Å². The van der Waals surface area contributed by atoms with E-state index in [4.69, 9.17) is 5.14 Å². The maximum absolute atomic E-state index is 12.8. The van der Waals surface area contributed by atoms with Crippen molar-refractivity contribution in [1.82, 2.24) is 24.6 Å². The SMILES string of the molecule is CC[C@@H]1C[C@H](C(CCC(F)(F)F)S(N)(=O)=O)C[C@@H]1c1nnc2cnc3[nH]ccc3n12. The van der Waals surface area contributed by atoms with Gasteiger partial charge in [-0.1, -0.05) is 13.3 Å². The summed E-state index contributed by atoms with van der Waals surface area (Å²) in [5.41, 5.74) is 2.03. The van der Waals surface area contributed by atoms with Crippen molar-refractivity contribution < 1.29 is 21.6 Å². The molecule has 3 heterocycles. The number of nitrogens with two attached hydrogens (primary N) is 1. The Balaban J connectivity index is 1.69. The minimum absolute atomic E-state index is 0.0692. The zero-order chi connectivity index (χ0) is 21.7. The Labute approximate surface area is 171 Å². The van der Waals surface area contributed by atoms with Gasteiger partial charge in [0.25, 0.3) is 0 Å². The van der Waals surface area contributed by atoms with Crippen molar-refractivity contribution in [3.63, 3.8) is 0 Å². The number of primary sulfonamides is 1. The zero-order valence-corrected chi connectivity index (χ0v) is 17.1. The minimum Gasteiger partial charge on any atom is -0.345 e. The predicted molar refractivity (Wildman–Crippen MR) is 104 cm³/mol. The van der Waals surface area contributed by atoms with Crippen molar-refractivity contribution in [3.05, 3.63) is 24.3 Å². The van der Waals surface area contributed by atoms with Gasteiger partial charge in [0.1, 0.15) is 5.82 Å². The zero-order valence-electron chi connectivity index (χ0n) is 16.3. The normalized spacial score (nSPS) is 24.1. The van der Waals surface area contributed by atoms with Crippen molar-refractivity contribution in [1.29, 1.82) is 0 Å². The second-order valence-corrected chi connectivity index (χ2v) is 9.79. The number of fused-ring (bicyclic) bond motifs is 3. The number of sulfonamides is 1. The molecule has 0 amide bonds. The van der Waals surface area contributed by atoms with Gasteiger partial charge in [-0.3, -0.25) is 4.40 Å². The van der Waals surface area contributed by atoms with Gasteiger partial charge >= 0.3 is 6.18 Å². The highest BCUT2D eigenvalue weighted by molar-refractivity contribution is 7.89. The first-order valence-corrected chi connectivity index (χ1v) is 11.4. The number of alkyl halides is 3. The second kappa shape index (κ2) is 7.49. The number of rotatable bonds is 6. The Kier molecular flexibility index (Phi) is 5.25. The molecule has 8 nitrogen and oxygen atoms in total. The fourth-order valence-corrected chi connectivity index (χ4v) is 6.06. The average Bonchev–Trinajstić information content (AvgIpc) is 3.35. The van der Waals surface area contributed by atoms with Crippen LogP contribution in [0.25, 0.3) is 16.8 Å². The van der Waals surface area contributed by atoms with Crippen LogP contribution in [0.3, 0.4) is 0 Å². The number of H-pyrrole nitrogens is 1. The predicted octanol–water partition coefficient (Wildman–Crippen LogP) is 3.13. The molecule has 0 saturated heterocycles. The van der Waals surface area contributed by atoms with E-state index < -0.39 is 40.2 Å². The highest BCUT2D eigenvalue weighted by Crippen LogP contribution is 2.47. The molecule has 1 unspecified atom stereocenters. The second-order valence-electron chi connectivity index (χ2n) is 8.01. The molecule has 1 fully saturated rings. The van der Waals surface area contributed by atoms with Crippen molar-refractivity contribution in [2.24, 2.45) is 17.0 Å². The van der Waals surface area contributed by atoms with Gasteiger partial charge in [0.2, 0.25) is 10.0 Å². The first-order valence-electron chi connectivity index (χ1n) is 9.84. The van der Waals surface area contributed by atoms with E-state index in [0.717, 1.165) is 11.9 Å². The van der Waals surface area contributed by atoms with Gasteiger partial charge in [-0.05, 0) is 37.2 Å². The number of nitrogens with zero attached hydrogens (tertiary/aromatic N) is 4. The summed E-state index contributed by atoms with van der Waals surface area (Å²) in [4.78, 5) is 7.32. The smallest absolute Gasteiger partial charge is 0.345 e. The third kappa shape index (κ3) is 3.89. The van der Waals surface area contributed by atoms with Crippen LogP contribution in [0.2, 0.25) is 0 Å². The third-order valence-electron chi connectivity index (χ3n) is 6.21. The maximum Gasteiger partial charge on any atom is 0.389 e. The molecule has 164 valence electrons. The van der Waals surface area contributed by atoms with Crippen LogP contribution in [0, 0.1) is 11.8 Å². The van der Waals surface area contributed by atoms with Gasteiger partial charge < -0.3 is 4.98 Å². The molecule has 0 aliphatic heterocycles. The number of aromatic nitrogens is 5. The first kappa shape index (κ1) is 21.0. The molecular formula is C18H23F3N6O2S. The summed E-state index contributed by atoms with van der Waals surface area (Å²) in [6.07, 6.45) is -1.15. The summed E-state index contributed by atoms with van der Waals surface area (Å²) in [6, 6.07) is 1.85. The van der Waals surface area contributed by atoms with Crippen molar-refractivity contribution in [2.75, 3.05) is 0 Å². The standard InChI is InChI=1S/C18H23F3N6O2S/c1-2-10-7-11(14(30(22,28)29)3-5-18(19,20)21)8-12(10)17-26-25-15-9-24-16-13(27(15)17)4-6-23-16/h4,6,9-12,14,23H,2-3,5,7-8H2,1H3,(H2,22,28,29)/t10-,11+,12+,14?/m1/s1. The lowest BCUT2D eigenvalue weighted by Gasteiger charge is -2.22. The molecule has 3 aromatic rings. The first-order chi connectivity index (χ1) is 14.1. The quantitative estimate of drug-likeness (QED) is 0.605. The van der Waals surface area contributed by atoms with Gasteiger partial charge in [0.05, 0.1) is 17.0 Å². The van der Waals surface area contributed by atoms with Crippen LogP contribution >= 0.6 is 0 Å². The lowest BCUT2D eigenvalue weighted by atomic mass is 9.93. The molecule has 0 bridgehead atoms. The summed E-state index contributed by atoms with van der Waals surface area (Å²) >= 11 is 0. The monoisotopic (exact) mass is 444 g/mol. The van der Waals surface area contributed by atoms with Crippen molar-refractivity contribution >= 4 is 26.8 Å². The molecule has 4 rings (SSSR count). The van der Waals surface area contributed by atoms with Gasteiger partial charge in [-0.2, -0.15) is 13.2 Å². The fraction of sp³-hybridized carbons (Fsp3) is 0.611. The maximum atomic E-state index is 12.8. The van der Waals surface area contributed by atoms with Crippen LogP contribution in [0.15, 0.2) is 18.5 Å². The summed E-state index contributed by atoms with van der Waals surface area (Å²) in [5, 5.41) is 12.7. The molecule has 1 aliphatic carbocycles. The van der Waals surface area contributed by atoms with E-state index in [-0.39, 0.29) is 11.8 Å². The lowest BCUT2D eigenvalue weighted by molar-refractivity contribution is -0.135.